The van der Waals surface area contributed by atoms with Gasteiger partial charge in [-0.05, 0) is 24.8 Å². The minimum Gasteiger partial charge on any atom is -0.468 e. The Bertz CT molecular complexity index is 353. The molecule has 19 heavy (non-hydrogen) atoms. The average molecular weight is 265 g/mol. The SMILES string of the molecule is CC(C)NCc1occc1COCC1CCCCC1. The maximum atomic E-state index is 5.88. The number of hydrogen-bond donors (Lipinski definition) is 1. The van der Waals surface area contributed by atoms with Crippen molar-refractivity contribution in [1.82, 2.24) is 5.32 Å². The smallest absolute Gasteiger partial charge is 0.123 e. The molecule has 0 bridgehead atoms. The minimum absolute atomic E-state index is 0.473. The summed E-state index contributed by atoms with van der Waals surface area (Å²) in [5.41, 5.74) is 1.18. The molecule has 1 N–H and O–H groups in total. The van der Waals surface area contributed by atoms with Crippen LogP contribution >= 0.6 is 0 Å². The summed E-state index contributed by atoms with van der Waals surface area (Å²) in [6, 6.07) is 2.50. The van der Waals surface area contributed by atoms with Gasteiger partial charge in [0.25, 0.3) is 0 Å². The lowest BCUT2D eigenvalue weighted by atomic mass is 9.90. The second kappa shape index (κ2) is 7.71. The molecule has 0 amide bonds. The molecule has 0 aromatic carbocycles. The average Bonchev–Trinajstić information content (AvgIpc) is 2.85. The third-order valence-corrected chi connectivity index (χ3v) is 3.84. The number of hydrogen-bond acceptors (Lipinski definition) is 3. The topological polar surface area (TPSA) is 34.4 Å². The van der Waals surface area contributed by atoms with Gasteiger partial charge in [0.1, 0.15) is 5.76 Å². The van der Waals surface area contributed by atoms with Gasteiger partial charge in [-0.2, -0.15) is 0 Å². The Balaban J connectivity index is 1.71. The van der Waals surface area contributed by atoms with Crippen molar-refractivity contribution >= 4 is 0 Å². The Labute approximate surface area is 116 Å². The Morgan fingerprint density at radius 1 is 1.32 bits per heavy atom. The van der Waals surface area contributed by atoms with Crippen LogP contribution in [0.15, 0.2) is 16.7 Å². The van der Waals surface area contributed by atoms with Gasteiger partial charge in [0.15, 0.2) is 0 Å². The van der Waals surface area contributed by atoms with Crippen LogP contribution in [0, 0.1) is 5.92 Å². The van der Waals surface area contributed by atoms with Gasteiger partial charge < -0.3 is 14.5 Å². The summed E-state index contributed by atoms with van der Waals surface area (Å²) in [5, 5.41) is 3.38. The van der Waals surface area contributed by atoms with Gasteiger partial charge in [-0.15, -0.1) is 0 Å². The van der Waals surface area contributed by atoms with Gasteiger partial charge >= 0.3 is 0 Å². The Morgan fingerprint density at radius 3 is 2.84 bits per heavy atom. The molecule has 108 valence electrons. The van der Waals surface area contributed by atoms with E-state index in [1.54, 1.807) is 6.26 Å². The van der Waals surface area contributed by atoms with E-state index in [1.165, 1.54) is 37.7 Å². The first kappa shape index (κ1) is 14.6. The number of rotatable bonds is 7. The molecule has 1 aliphatic carbocycles. The zero-order chi connectivity index (χ0) is 13.5. The van der Waals surface area contributed by atoms with E-state index in [0.29, 0.717) is 12.6 Å². The van der Waals surface area contributed by atoms with Crippen LogP contribution < -0.4 is 5.32 Å². The van der Waals surface area contributed by atoms with E-state index in [4.69, 9.17) is 9.15 Å². The van der Waals surface area contributed by atoms with Gasteiger partial charge in [0.2, 0.25) is 0 Å². The standard InChI is InChI=1S/C16H27NO2/c1-13(2)17-10-16-15(8-9-19-16)12-18-11-14-6-4-3-5-7-14/h8-9,13-14,17H,3-7,10-12H2,1-2H3. The van der Waals surface area contributed by atoms with Crippen LogP contribution in [0.1, 0.15) is 57.3 Å². The fourth-order valence-corrected chi connectivity index (χ4v) is 2.64. The highest BCUT2D eigenvalue weighted by atomic mass is 16.5. The van der Waals surface area contributed by atoms with E-state index in [0.717, 1.165) is 24.8 Å². The predicted molar refractivity (Wildman–Crippen MR) is 76.9 cm³/mol. The van der Waals surface area contributed by atoms with Crippen LogP contribution in [0.4, 0.5) is 0 Å². The number of ether oxygens (including phenoxy) is 1. The molecule has 1 fully saturated rings. The van der Waals surface area contributed by atoms with Crippen molar-refractivity contribution in [3.05, 3.63) is 23.7 Å². The summed E-state index contributed by atoms with van der Waals surface area (Å²) in [6.45, 7) is 6.65. The Morgan fingerprint density at radius 2 is 2.11 bits per heavy atom. The lowest BCUT2D eigenvalue weighted by Crippen LogP contribution is -2.22. The van der Waals surface area contributed by atoms with Gasteiger partial charge in [-0.1, -0.05) is 33.1 Å². The highest BCUT2D eigenvalue weighted by Crippen LogP contribution is 2.24. The van der Waals surface area contributed by atoms with E-state index >= 15 is 0 Å². The highest BCUT2D eigenvalue weighted by Gasteiger charge is 2.14. The lowest BCUT2D eigenvalue weighted by Gasteiger charge is -2.21. The quantitative estimate of drug-likeness (QED) is 0.812. The fraction of sp³-hybridized carbons (Fsp3) is 0.750. The van der Waals surface area contributed by atoms with Crippen LogP contribution in [0.2, 0.25) is 0 Å². The van der Waals surface area contributed by atoms with Crippen LogP contribution in [0.25, 0.3) is 0 Å². The summed E-state index contributed by atoms with van der Waals surface area (Å²) in [4.78, 5) is 0. The predicted octanol–water partition coefficient (Wildman–Crippen LogP) is 3.87. The van der Waals surface area contributed by atoms with Gasteiger partial charge in [0.05, 0.1) is 19.4 Å². The van der Waals surface area contributed by atoms with Crippen molar-refractivity contribution < 1.29 is 9.15 Å². The van der Waals surface area contributed by atoms with Gasteiger partial charge in [0, 0.05) is 18.2 Å². The second-order valence-electron chi connectivity index (χ2n) is 5.92. The van der Waals surface area contributed by atoms with E-state index in [2.05, 4.69) is 19.2 Å². The van der Waals surface area contributed by atoms with Crippen LogP contribution in [0.5, 0.6) is 0 Å². The van der Waals surface area contributed by atoms with Crippen molar-refractivity contribution in [1.29, 1.82) is 0 Å². The molecular weight excluding hydrogens is 238 g/mol. The monoisotopic (exact) mass is 265 g/mol. The number of nitrogens with one attached hydrogen (secondary N) is 1. The molecule has 1 heterocycles. The first-order valence-corrected chi connectivity index (χ1v) is 7.62. The molecule has 2 rings (SSSR count). The van der Waals surface area contributed by atoms with E-state index in [-0.39, 0.29) is 0 Å². The molecule has 3 nitrogen and oxygen atoms in total. The zero-order valence-corrected chi connectivity index (χ0v) is 12.3. The molecule has 0 spiro atoms. The van der Waals surface area contributed by atoms with E-state index < -0.39 is 0 Å². The van der Waals surface area contributed by atoms with Crippen molar-refractivity contribution in [2.75, 3.05) is 6.61 Å². The van der Waals surface area contributed by atoms with Gasteiger partial charge in [-0.3, -0.25) is 0 Å². The molecular formula is C16H27NO2. The fourth-order valence-electron chi connectivity index (χ4n) is 2.64. The maximum absolute atomic E-state index is 5.88. The molecule has 1 aromatic rings. The molecule has 1 aliphatic rings. The Kier molecular flexibility index (Phi) is 5.93. The maximum Gasteiger partial charge on any atom is 0.123 e. The van der Waals surface area contributed by atoms with Crippen LogP contribution in [0.3, 0.4) is 0 Å². The highest BCUT2D eigenvalue weighted by molar-refractivity contribution is 5.15. The zero-order valence-electron chi connectivity index (χ0n) is 12.3. The molecule has 1 aromatic heterocycles. The molecule has 1 saturated carbocycles. The Hall–Kier alpha value is -0.800. The third-order valence-electron chi connectivity index (χ3n) is 3.84. The first-order valence-electron chi connectivity index (χ1n) is 7.62. The van der Waals surface area contributed by atoms with Crippen molar-refractivity contribution in [3.63, 3.8) is 0 Å². The van der Waals surface area contributed by atoms with Crippen molar-refractivity contribution in [3.8, 4) is 0 Å². The first-order chi connectivity index (χ1) is 9.25. The normalized spacial score (nSPS) is 17.2. The summed E-state index contributed by atoms with van der Waals surface area (Å²) < 4.78 is 11.4. The lowest BCUT2D eigenvalue weighted by molar-refractivity contribution is 0.0730. The summed E-state index contributed by atoms with van der Waals surface area (Å²) in [7, 11) is 0. The summed E-state index contributed by atoms with van der Waals surface area (Å²) in [6.07, 6.45) is 8.60. The van der Waals surface area contributed by atoms with E-state index in [1.807, 2.05) is 6.07 Å². The third kappa shape index (κ3) is 5.00. The summed E-state index contributed by atoms with van der Waals surface area (Å²) in [5.74, 6) is 1.79. The molecule has 0 radical (unpaired) electrons. The van der Waals surface area contributed by atoms with Crippen molar-refractivity contribution in [2.24, 2.45) is 5.92 Å². The molecule has 3 heteroatoms. The van der Waals surface area contributed by atoms with E-state index in [9.17, 15) is 0 Å². The minimum atomic E-state index is 0.473. The molecule has 0 unspecified atom stereocenters. The van der Waals surface area contributed by atoms with Crippen molar-refractivity contribution in [2.45, 2.75) is 65.1 Å². The largest absolute Gasteiger partial charge is 0.468 e. The van der Waals surface area contributed by atoms with Crippen LogP contribution in [-0.2, 0) is 17.9 Å². The summed E-state index contributed by atoms with van der Waals surface area (Å²) >= 11 is 0. The molecule has 0 atom stereocenters. The molecule has 0 saturated heterocycles. The van der Waals surface area contributed by atoms with Gasteiger partial charge in [-0.25, -0.2) is 0 Å². The second-order valence-corrected chi connectivity index (χ2v) is 5.92. The van der Waals surface area contributed by atoms with Crippen LogP contribution in [-0.4, -0.2) is 12.6 Å². The number of furan rings is 1. The molecule has 0 aliphatic heterocycles.